The largest absolute Gasteiger partial charge is 0.383 e. The standard InChI is InChI=1S/C18H29N3O2S.HI/c1-17(2)14(12-7-5-9-23-15(12)17)21-16(19-4)20-11-18(3,22)13-8-6-10-24-13;/h6,8,10,12,14-15,22H,5,7,9,11H2,1-4H3,(H2,19,20,21);1H. The van der Waals surface area contributed by atoms with E-state index in [9.17, 15) is 5.11 Å². The zero-order chi connectivity index (χ0) is 17.4. The van der Waals surface area contributed by atoms with Gasteiger partial charge in [-0.2, -0.15) is 0 Å². The minimum atomic E-state index is -0.905. The Morgan fingerprint density at radius 3 is 2.92 bits per heavy atom. The number of halogens is 1. The zero-order valence-electron chi connectivity index (χ0n) is 15.4. The number of aliphatic imine (C=N–C) groups is 1. The van der Waals surface area contributed by atoms with Crippen molar-refractivity contribution in [3.8, 4) is 0 Å². The van der Waals surface area contributed by atoms with E-state index in [1.165, 1.54) is 6.42 Å². The third-order valence-corrected chi connectivity index (χ3v) is 6.62. The average Bonchev–Trinajstić information content (AvgIpc) is 3.10. The highest BCUT2D eigenvalue weighted by Gasteiger charge is 2.58. The Kier molecular flexibility index (Phi) is 6.78. The molecule has 2 fully saturated rings. The molecule has 4 unspecified atom stereocenters. The summed E-state index contributed by atoms with van der Waals surface area (Å²) >= 11 is 1.57. The molecule has 0 amide bonds. The summed E-state index contributed by atoms with van der Waals surface area (Å²) in [5, 5.41) is 19.5. The molecule has 1 saturated carbocycles. The molecule has 1 aromatic rings. The normalized spacial score (nSPS) is 30.3. The molecule has 3 rings (SSSR count). The highest BCUT2D eigenvalue weighted by atomic mass is 127. The number of hydrogen-bond donors (Lipinski definition) is 3. The summed E-state index contributed by atoms with van der Waals surface area (Å²) < 4.78 is 5.96. The van der Waals surface area contributed by atoms with Gasteiger partial charge in [-0.25, -0.2) is 0 Å². The number of rotatable bonds is 4. The summed E-state index contributed by atoms with van der Waals surface area (Å²) in [7, 11) is 1.77. The Balaban J connectivity index is 0.00000225. The van der Waals surface area contributed by atoms with Gasteiger partial charge in [-0.15, -0.1) is 35.3 Å². The molecule has 142 valence electrons. The topological polar surface area (TPSA) is 65.9 Å². The number of guanidine groups is 1. The fraction of sp³-hybridized carbons (Fsp3) is 0.722. The molecule has 25 heavy (non-hydrogen) atoms. The summed E-state index contributed by atoms with van der Waals surface area (Å²) in [6.45, 7) is 7.65. The van der Waals surface area contributed by atoms with Crippen LogP contribution in [0.3, 0.4) is 0 Å². The molecule has 0 radical (unpaired) electrons. The molecule has 4 atom stereocenters. The predicted octanol–water partition coefficient (Wildman–Crippen LogP) is 2.94. The van der Waals surface area contributed by atoms with Gasteiger partial charge in [-0.1, -0.05) is 19.9 Å². The van der Waals surface area contributed by atoms with Crippen LogP contribution >= 0.6 is 35.3 Å². The van der Waals surface area contributed by atoms with Crippen LogP contribution in [0.4, 0.5) is 0 Å². The van der Waals surface area contributed by atoms with E-state index in [1.807, 2.05) is 24.4 Å². The SMILES string of the molecule is CN=C(NCC(C)(O)c1cccs1)NC1C2CCCOC2C1(C)C.I. The Hall–Kier alpha value is -0.380. The summed E-state index contributed by atoms with van der Waals surface area (Å²) in [4.78, 5) is 5.30. The summed E-state index contributed by atoms with van der Waals surface area (Å²) in [6, 6.07) is 4.27. The van der Waals surface area contributed by atoms with Gasteiger partial charge in [-0.05, 0) is 31.2 Å². The molecule has 1 saturated heterocycles. The van der Waals surface area contributed by atoms with E-state index in [-0.39, 0.29) is 29.4 Å². The van der Waals surface area contributed by atoms with Crippen molar-refractivity contribution < 1.29 is 9.84 Å². The van der Waals surface area contributed by atoms with Crippen molar-refractivity contribution >= 4 is 41.3 Å². The Bertz CT molecular complexity index is 589. The minimum Gasteiger partial charge on any atom is -0.383 e. The first kappa shape index (κ1) is 20.9. The number of nitrogens with one attached hydrogen (secondary N) is 2. The van der Waals surface area contributed by atoms with Crippen molar-refractivity contribution in [3.05, 3.63) is 22.4 Å². The first-order valence-corrected chi connectivity index (χ1v) is 9.59. The molecule has 0 aromatic carbocycles. The predicted molar refractivity (Wildman–Crippen MR) is 114 cm³/mol. The maximum absolute atomic E-state index is 10.7. The first-order chi connectivity index (χ1) is 11.4. The van der Waals surface area contributed by atoms with E-state index >= 15 is 0 Å². The van der Waals surface area contributed by atoms with Gasteiger partial charge in [0.2, 0.25) is 0 Å². The lowest BCUT2D eigenvalue weighted by Gasteiger charge is -2.60. The monoisotopic (exact) mass is 479 g/mol. The summed E-state index contributed by atoms with van der Waals surface area (Å²) in [5.41, 5.74) is -0.809. The van der Waals surface area contributed by atoms with E-state index in [0.717, 1.165) is 23.9 Å². The molecule has 0 spiro atoms. The second kappa shape index (κ2) is 8.10. The number of ether oxygens (including phenoxy) is 1. The molecule has 3 N–H and O–H groups in total. The molecule has 2 heterocycles. The summed E-state index contributed by atoms with van der Waals surface area (Å²) in [5.74, 6) is 1.29. The first-order valence-electron chi connectivity index (χ1n) is 8.71. The van der Waals surface area contributed by atoms with Gasteiger partial charge in [0, 0.05) is 35.9 Å². The van der Waals surface area contributed by atoms with Crippen LogP contribution in [-0.4, -0.2) is 43.4 Å². The number of fused-ring (bicyclic) bond motifs is 1. The third kappa shape index (κ3) is 4.14. The lowest BCUT2D eigenvalue weighted by atomic mass is 9.55. The van der Waals surface area contributed by atoms with E-state index in [1.54, 1.807) is 18.4 Å². The molecule has 1 aliphatic carbocycles. The Morgan fingerprint density at radius 1 is 1.52 bits per heavy atom. The van der Waals surface area contributed by atoms with Gasteiger partial charge >= 0.3 is 0 Å². The van der Waals surface area contributed by atoms with E-state index < -0.39 is 5.60 Å². The van der Waals surface area contributed by atoms with Crippen LogP contribution < -0.4 is 10.6 Å². The molecular weight excluding hydrogens is 449 g/mol. The zero-order valence-corrected chi connectivity index (χ0v) is 18.6. The van der Waals surface area contributed by atoms with Gasteiger partial charge in [0.05, 0.1) is 12.6 Å². The fourth-order valence-electron chi connectivity index (χ4n) is 4.09. The average molecular weight is 479 g/mol. The molecule has 1 aromatic heterocycles. The Labute approximate surface area is 171 Å². The molecule has 2 aliphatic rings. The highest BCUT2D eigenvalue weighted by molar-refractivity contribution is 14.0. The molecular formula is C18H30IN3O2S. The van der Waals surface area contributed by atoms with Crippen molar-refractivity contribution in [3.63, 3.8) is 0 Å². The van der Waals surface area contributed by atoms with Crippen LogP contribution in [0.1, 0.15) is 38.5 Å². The lowest BCUT2D eigenvalue weighted by molar-refractivity contribution is -0.188. The third-order valence-electron chi connectivity index (χ3n) is 5.50. The minimum absolute atomic E-state index is 0. The number of thiophene rings is 1. The molecule has 5 nitrogen and oxygen atoms in total. The smallest absolute Gasteiger partial charge is 0.191 e. The van der Waals surface area contributed by atoms with Crippen molar-refractivity contribution in [2.75, 3.05) is 20.2 Å². The highest BCUT2D eigenvalue weighted by Crippen LogP contribution is 2.51. The van der Waals surface area contributed by atoms with Gasteiger partial charge in [0.15, 0.2) is 5.96 Å². The van der Waals surface area contributed by atoms with Gasteiger partial charge in [0.25, 0.3) is 0 Å². The second-order valence-electron chi connectivity index (χ2n) is 7.72. The van der Waals surface area contributed by atoms with Gasteiger partial charge < -0.3 is 20.5 Å². The van der Waals surface area contributed by atoms with Crippen LogP contribution in [0.25, 0.3) is 0 Å². The van der Waals surface area contributed by atoms with Gasteiger partial charge in [-0.3, -0.25) is 4.99 Å². The molecule has 7 heteroatoms. The number of aliphatic hydroxyl groups is 1. The van der Waals surface area contributed by atoms with Crippen LogP contribution in [0.15, 0.2) is 22.5 Å². The quantitative estimate of drug-likeness (QED) is 0.353. The van der Waals surface area contributed by atoms with E-state index in [0.29, 0.717) is 24.6 Å². The molecule has 0 bridgehead atoms. The van der Waals surface area contributed by atoms with Crippen molar-refractivity contribution in [2.45, 2.75) is 51.4 Å². The fourth-order valence-corrected chi connectivity index (χ4v) is 4.87. The Morgan fingerprint density at radius 2 is 2.28 bits per heavy atom. The van der Waals surface area contributed by atoms with Crippen molar-refractivity contribution in [1.82, 2.24) is 10.6 Å². The van der Waals surface area contributed by atoms with Crippen LogP contribution in [-0.2, 0) is 10.3 Å². The van der Waals surface area contributed by atoms with Crippen LogP contribution in [0.5, 0.6) is 0 Å². The van der Waals surface area contributed by atoms with Gasteiger partial charge in [0.1, 0.15) is 5.60 Å². The maximum Gasteiger partial charge on any atom is 0.191 e. The summed E-state index contributed by atoms with van der Waals surface area (Å²) in [6.07, 6.45) is 2.68. The van der Waals surface area contributed by atoms with Crippen molar-refractivity contribution in [1.29, 1.82) is 0 Å². The van der Waals surface area contributed by atoms with Crippen LogP contribution in [0, 0.1) is 11.3 Å². The van der Waals surface area contributed by atoms with E-state index in [4.69, 9.17) is 4.74 Å². The number of nitrogens with zero attached hydrogens (tertiary/aromatic N) is 1. The van der Waals surface area contributed by atoms with Crippen LogP contribution in [0.2, 0.25) is 0 Å². The second-order valence-corrected chi connectivity index (χ2v) is 8.67. The van der Waals surface area contributed by atoms with E-state index in [2.05, 4.69) is 29.5 Å². The lowest BCUT2D eigenvalue weighted by Crippen LogP contribution is -2.71. The maximum atomic E-state index is 10.7. The van der Waals surface area contributed by atoms with Crippen molar-refractivity contribution in [2.24, 2.45) is 16.3 Å². The number of hydrogen-bond acceptors (Lipinski definition) is 4. The molecule has 1 aliphatic heterocycles.